The topological polar surface area (TPSA) is 12.5 Å². The van der Waals surface area contributed by atoms with Crippen molar-refractivity contribution in [2.24, 2.45) is 0 Å². The Morgan fingerprint density at radius 3 is 1.46 bits per heavy atom. The van der Waals surface area contributed by atoms with Gasteiger partial charge in [0.15, 0.2) is 0 Å². The third-order valence-electron chi connectivity index (χ3n) is 9.37. The first-order chi connectivity index (χ1) is 17.1. The molecule has 3 aromatic rings. The summed E-state index contributed by atoms with van der Waals surface area (Å²) in [4.78, 5) is 2.23. The summed E-state index contributed by atoms with van der Waals surface area (Å²) in [7, 11) is 4.27. The maximum absolute atomic E-state index is 7.05. The molecule has 0 aliphatic carbocycles. The largest absolute Gasteiger partial charge is 0.455 e. The van der Waals surface area contributed by atoms with E-state index in [9.17, 15) is 0 Å². The minimum Gasteiger partial charge on any atom is -0.455 e. The third-order valence-corrected chi connectivity index (χ3v) is 9.37. The number of benzene rings is 3. The fraction of sp³-hybridized carbons (Fsp3) is 0.429. The number of fused-ring (bicyclic) bond motifs is 2. The second-order valence-corrected chi connectivity index (χ2v) is 11.8. The number of hydrogen-bond donors (Lipinski definition) is 0. The van der Waals surface area contributed by atoms with Gasteiger partial charge in [-0.3, -0.25) is 0 Å². The molecule has 1 aliphatic rings. The SMILES string of the molecule is CC(C)=c1c(C)c(C)c2c(c1C)Oc1c(C)c(N(C)C)c(C)c(C)c1C=2c1c(C)c(C)c(C)c(C)c1C. The first-order valence-corrected chi connectivity index (χ1v) is 13.5. The highest BCUT2D eigenvalue weighted by molar-refractivity contribution is 5.93. The van der Waals surface area contributed by atoms with Crippen LogP contribution in [0.4, 0.5) is 5.69 Å². The summed E-state index contributed by atoms with van der Waals surface area (Å²) in [5, 5.41) is 2.60. The Bertz CT molecular complexity index is 1600. The van der Waals surface area contributed by atoms with Crippen molar-refractivity contribution in [3.63, 3.8) is 0 Å². The number of hydrogen-bond acceptors (Lipinski definition) is 2. The van der Waals surface area contributed by atoms with E-state index in [-0.39, 0.29) is 0 Å². The van der Waals surface area contributed by atoms with E-state index in [2.05, 4.69) is 109 Å². The minimum absolute atomic E-state index is 1.01. The molecule has 0 aromatic heterocycles. The number of ether oxygens (including phenoxy) is 1. The van der Waals surface area contributed by atoms with E-state index < -0.39 is 0 Å². The Hall–Kier alpha value is -3.00. The molecular formula is C35H45NO. The van der Waals surface area contributed by atoms with Gasteiger partial charge in [0.2, 0.25) is 0 Å². The molecule has 0 fully saturated rings. The van der Waals surface area contributed by atoms with Crippen LogP contribution in [0, 0.1) is 76.2 Å². The first-order valence-electron chi connectivity index (χ1n) is 13.5. The zero-order valence-corrected chi connectivity index (χ0v) is 25.9. The van der Waals surface area contributed by atoms with Crippen LogP contribution < -0.4 is 20.1 Å². The molecule has 1 aliphatic heterocycles. The van der Waals surface area contributed by atoms with Crippen LogP contribution in [0.3, 0.4) is 0 Å². The molecule has 0 saturated carbocycles. The normalized spacial score (nSPS) is 12.4. The number of nitrogens with zero attached hydrogens (tertiary/aromatic N) is 1. The van der Waals surface area contributed by atoms with Gasteiger partial charge in [0.05, 0.1) is 0 Å². The smallest absolute Gasteiger partial charge is 0.140 e. The molecule has 0 amide bonds. The molecule has 0 saturated heterocycles. The molecule has 4 rings (SSSR count). The molecule has 0 radical (unpaired) electrons. The summed E-state index contributed by atoms with van der Waals surface area (Å²) in [5.41, 5.74) is 21.2. The maximum Gasteiger partial charge on any atom is 0.140 e. The average molecular weight is 496 g/mol. The average Bonchev–Trinajstić information content (AvgIpc) is 2.82. The molecule has 0 atom stereocenters. The molecular weight excluding hydrogens is 450 g/mol. The van der Waals surface area contributed by atoms with Crippen LogP contribution in [0.25, 0.3) is 11.1 Å². The fourth-order valence-electron chi connectivity index (χ4n) is 6.87. The predicted molar refractivity (Wildman–Crippen MR) is 161 cm³/mol. The van der Waals surface area contributed by atoms with Crippen molar-refractivity contribution in [3.8, 4) is 11.5 Å². The van der Waals surface area contributed by atoms with Gasteiger partial charge < -0.3 is 9.64 Å². The van der Waals surface area contributed by atoms with E-state index in [1.807, 2.05) is 0 Å². The Morgan fingerprint density at radius 1 is 0.486 bits per heavy atom. The predicted octanol–water partition coefficient (Wildman–Crippen LogP) is 7.69. The Morgan fingerprint density at radius 2 is 0.973 bits per heavy atom. The molecule has 196 valence electrons. The van der Waals surface area contributed by atoms with Crippen LogP contribution in [0.15, 0.2) is 0 Å². The Labute approximate surface area is 224 Å². The lowest BCUT2D eigenvalue weighted by Gasteiger charge is -2.33. The highest BCUT2D eigenvalue weighted by Gasteiger charge is 2.32. The van der Waals surface area contributed by atoms with Gasteiger partial charge in [-0.1, -0.05) is 5.57 Å². The van der Waals surface area contributed by atoms with Crippen molar-refractivity contribution in [1.29, 1.82) is 0 Å². The lowest BCUT2D eigenvalue weighted by atomic mass is 9.78. The van der Waals surface area contributed by atoms with E-state index in [4.69, 9.17) is 4.74 Å². The number of rotatable bonds is 2. The lowest BCUT2D eigenvalue weighted by Crippen LogP contribution is -2.30. The van der Waals surface area contributed by atoms with Crippen molar-refractivity contribution >= 4 is 16.8 Å². The van der Waals surface area contributed by atoms with E-state index >= 15 is 0 Å². The third kappa shape index (κ3) is 3.67. The molecule has 0 N–H and O–H groups in total. The maximum atomic E-state index is 7.05. The van der Waals surface area contributed by atoms with Crippen LogP contribution in [0.2, 0.25) is 0 Å². The summed E-state index contributed by atoms with van der Waals surface area (Å²) in [6, 6.07) is 0. The van der Waals surface area contributed by atoms with Crippen molar-refractivity contribution in [1.82, 2.24) is 0 Å². The summed E-state index contributed by atoms with van der Waals surface area (Å²) in [6.45, 7) is 29.4. The van der Waals surface area contributed by atoms with Crippen molar-refractivity contribution < 1.29 is 4.74 Å². The van der Waals surface area contributed by atoms with Crippen molar-refractivity contribution in [2.75, 3.05) is 19.0 Å². The van der Waals surface area contributed by atoms with Gasteiger partial charge in [0, 0.05) is 41.7 Å². The Kier molecular flexibility index (Phi) is 6.64. The van der Waals surface area contributed by atoms with Gasteiger partial charge in [0.25, 0.3) is 0 Å². The zero-order valence-electron chi connectivity index (χ0n) is 25.9. The van der Waals surface area contributed by atoms with Gasteiger partial charge in [-0.05, 0) is 156 Å². The van der Waals surface area contributed by atoms with Crippen LogP contribution in [-0.4, -0.2) is 14.1 Å². The summed E-state index contributed by atoms with van der Waals surface area (Å²) in [6.07, 6.45) is 0. The fourth-order valence-corrected chi connectivity index (χ4v) is 6.87. The molecule has 1 heterocycles. The van der Waals surface area contributed by atoms with E-state index in [1.165, 1.54) is 99.6 Å². The quantitative estimate of drug-likeness (QED) is 0.283. The highest BCUT2D eigenvalue weighted by Crippen LogP contribution is 2.48. The molecule has 0 spiro atoms. The second kappa shape index (κ2) is 9.08. The van der Waals surface area contributed by atoms with E-state index in [0.29, 0.717) is 0 Å². The van der Waals surface area contributed by atoms with Gasteiger partial charge in [-0.15, -0.1) is 0 Å². The van der Waals surface area contributed by atoms with Gasteiger partial charge >= 0.3 is 0 Å². The zero-order chi connectivity index (χ0) is 27.8. The minimum atomic E-state index is 1.01. The highest BCUT2D eigenvalue weighted by atomic mass is 16.5. The van der Waals surface area contributed by atoms with Crippen LogP contribution in [-0.2, 0) is 0 Å². The lowest BCUT2D eigenvalue weighted by molar-refractivity contribution is 0.462. The van der Waals surface area contributed by atoms with Gasteiger partial charge in [-0.2, -0.15) is 0 Å². The molecule has 2 nitrogen and oxygen atoms in total. The Balaban J connectivity index is 2.45. The van der Waals surface area contributed by atoms with Gasteiger partial charge in [-0.25, -0.2) is 0 Å². The van der Waals surface area contributed by atoms with Crippen LogP contribution >= 0.6 is 0 Å². The van der Waals surface area contributed by atoms with Crippen LogP contribution in [0.5, 0.6) is 11.5 Å². The standard InChI is InChI=1S/C35H45NO/c1-16(2)28-22(8)23(9)30-32(29-20(6)18(4)17(3)19(5)21(29)7)31-24(10)25(11)33(36(14)15)27(13)35(31)37-34(30)26(28)12/h1-15H3. The summed E-state index contributed by atoms with van der Waals surface area (Å²) >= 11 is 0. The van der Waals surface area contributed by atoms with Gasteiger partial charge in [0.1, 0.15) is 11.5 Å². The molecule has 3 aromatic carbocycles. The van der Waals surface area contributed by atoms with Crippen LogP contribution in [0.1, 0.15) is 86.2 Å². The van der Waals surface area contributed by atoms with E-state index in [1.54, 1.807) is 0 Å². The molecule has 0 unspecified atom stereocenters. The van der Waals surface area contributed by atoms with Crippen molar-refractivity contribution in [3.05, 3.63) is 82.8 Å². The molecule has 37 heavy (non-hydrogen) atoms. The monoisotopic (exact) mass is 495 g/mol. The van der Waals surface area contributed by atoms with E-state index in [0.717, 1.165) is 11.5 Å². The molecule has 2 heteroatoms. The molecule has 0 bridgehead atoms. The first kappa shape index (κ1) is 27.0. The number of anilines is 1. The second-order valence-electron chi connectivity index (χ2n) is 11.8. The summed E-state index contributed by atoms with van der Waals surface area (Å²) in [5.74, 6) is 2.03. The summed E-state index contributed by atoms with van der Waals surface area (Å²) < 4.78 is 7.05. The van der Waals surface area contributed by atoms with Crippen molar-refractivity contribution in [2.45, 2.75) is 90.0 Å².